The number of sulfonamides is 1. The molecule has 0 aliphatic rings. The maximum atomic E-state index is 12.4. The summed E-state index contributed by atoms with van der Waals surface area (Å²) < 4.78 is 63.4. The van der Waals surface area contributed by atoms with E-state index in [1.54, 1.807) is 13.8 Å². The number of hydrogen-bond acceptors (Lipinski definition) is 4. The maximum Gasteiger partial charge on any atom is 0.433 e. The number of pyridine rings is 1. The lowest BCUT2D eigenvalue weighted by Crippen LogP contribution is -2.15. The maximum absolute atomic E-state index is 12.4. The predicted molar refractivity (Wildman–Crippen MR) is 68.1 cm³/mol. The van der Waals surface area contributed by atoms with Gasteiger partial charge in [0.25, 0.3) is 10.0 Å². The minimum Gasteiger partial charge on any atom is -0.280 e. The number of aryl methyl sites for hydroxylation is 1. The Bertz CT molecular complexity index is 751. The molecule has 2 rings (SSSR count). The molecule has 0 saturated carbocycles. The van der Waals surface area contributed by atoms with Gasteiger partial charge >= 0.3 is 6.18 Å². The lowest BCUT2D eigenvalue weighted by atomic mass is 10.3. The van der Waals surface area contributed by atoms with E-state index < -0.39 is 21.9 Å². The Morgan fingerprint density at radius 2 is 1.90 bits per heavy atom. The van der Waals surface area contributed by atoms with Crippen LogP contribution in [0.3, 0.4) is 0 Å². The van der Waals surface area contributed by atoms with Crippen LogP contribution in [-0.4, -0.2) is 23.6 Å². The molecule has 114 valence electrons. The summed E-state index contributed by atoms with van der Waals surface area (Å²) in [6.07, 6.45) is -3.97. The number of aromatic amines is 1. The summed E-state index contributed by atoms with van der Waals surface area (Å²) in [5.74, 6) is 0.0902. The summed E-state index contributed by atoms with van der Waals surface area (Å²) in [4.78, 5) is 2.73. The van der Waals surface area contributed by atoms with Crippen LogP contribution in [-0.2, 0) is 16.2 Å². The Balaban J connectivity index is 2.30. The van der Waals surface area contributed by atoms with E-state index in [4.69, 9.17) is 0 Å². The van der Waals surface area contributed by atoms with Crippen LogP contribution in [0.15, 0.2) is 23.2 Å². The molecule has 0 radical (unpaired) electrons. The first kappa shape index (κ1) is 15.3. The number of hydrogen-bond donors (Lipinski definition) is 2. The molecule has 0 bridgehead atoms. The first-order valence-electron chi connectivity index (χ1n) is 5.69. The average molecular weight is 320 g/mol. The van der Waals surface area contributed by atoms with Gasteiger partial charge in [-0.1, -0.05) is 0 Å². The molecule has 2 N–H and O–H groups in total. The van der Waals surface area contributed by atoms with E-state index in [-0.39, 0.29) is 10.7 Å². The third-order valence-corrected chi connectivity index (χ3v) is 4.15. The second kappa shape index (κ2) is 5.02. The fraction of sp³-hybridized carbons (Fsp3) is 0.273. The lowest BCUT2D eigenvalue weighted by Gasteiger charge is -2.08. The highest BCUT2D eigenvalue weighted by molar-refractivity contribution is 7.92. The van der Waals surface area contributed by atoms with Gasteiger partial charge in [0.05, 0.1) is 0 Å². The van der Waals surface area contributed by atoms with E-state index in [0.29, 0.717) is 23.5 Å². The third-order valence-electron chi connectivity index (χ3n) is 2.82. The van der Waals surface area contributed by atoms with E-state index >= 15 is 0 Å². The van der Waals surface area contributed by atoms with Crippen LogP contribution < -0.4 is 4.72 Å². The van der Waals surface area contributed by atoms with Crippen LogP contribution in [0.5, 0.6) is 0 Å². The molecule has 0 aliphatic carbocycles. The van der Waals surface area contributed by atoms with Gasteiger partial charge in [-0.2, -0.15) is 18.3 Å². The van der Waals surface area contributed by atoms with Gasteiger partial charge in [-0.15, -0.1) is 0 Å². The first-order chi connectivity index (χ1) is 9.61. The van der Waals surface area contributed by atoms with Gasteiger partial charge in [-0.3, -0.25) is 14.8 Å². The molecule has 0 aromatic carbocycles. The molecule has 2 aromatic heterocycles. The molecule has 0 unspecified atom stereocenters. The Labute approximate surface area is 118 Å². The molecule has 0 saturated heterocycles. The summed E-state index contributed by atoms with van der Waals surface area (Å²) in [5.41, 5.74) is 0.116. The number of alkyl halides is 3. The molecule has 6 nitrogen and oxygen atoms in total. The molecule has 0 spiro atoms. The standard InChI is InChI=1S/C11H11F3N4O2S/c1-6-7(2)16-17-10(6)18-21(19,20)8-3-4-9(15-5-8)11(12,13)14/h3-5H,1-2H3,(H2,16,17,18). The van der Waals surface area contributed by atoms with Crippen molar-refractivity contribution < 1.29 is 21.6 Å². The highest BCUT2D eigenvalue weighted by Crippen LogP contribution is 2.28. The summed E-state index contributed by atoms with van der Waals surface area (Å²) >= 11 is 0. The molecule has 2 heterocycles. The van der Waals surface area contributed by atoms with Crippen LogP contribution in [0.1, 0.15) is 17.0 Å². The number of rotatable bonds is 3. The van der Waals surface area contributed by atoms with Gasteiger partial charge < -0.3 is 0 Å². The van der Waals surface area contributed by atoms with Gasteiger partial charge in [0.2, 0.25) is 0 Å². The minimum atomic E-state index is -4.62. The minimum absolute atomic E-state index is 0.0902. The number of aromatic nitrogens is 3. The van der Waals surface area contributed by atoms with Gasteiger partial charge in [0, 0.05) is 17.5 Å². The highest BCUT2D eigenvalue weighted by Gasteiger charge is 2.32. The second-order valence-electron chi connectivity index (χ2n) is 4.30. The van der Waals surface area contributed by atoms with E-state index in [1.165, 1.54) is 0 Å². The zero-order chi connectivity index (χ0) is 15.8. The van der Waals surface area contributed by atoms with Crippen LogP contribution in [0, 0.1) is 13.8 Å². The van der Waals surface area contributed by atoms with Crippen molar-refractivity contribution in [2.75, 3.05) is 4.72 Å². The molecule has 21 heavy (non-hydrogen) atoms. The SMILES string of the molecule is Cc1[nH]nc(NS(=O)(=O)c2ccc(C(F)(F)F)nc2)c1C. The Morgan fingerprint density at radius 1 is 1.24 bits per heavy atom. The normalized spacial score (nSPS) is 12.4. The zero-order valence-corrected chi connectivity index (χ0v) is 11.8. The van der Waals surface area contributed by atoms with Crippen molar-refractivity contribution in [1.82, 2.24) is 15.2 Å². The van der Waals surface area contributed by atoms with Gasteiger partial charge in [0.1, 0.15) is 10.6 Å². The molecule has 0 aliphatic heterocycles. The van der Waals surface area contributed by atoms with Gasteiger partial charge in [-0.25, -0.2) is 8.42 Å². The Kier molecular flexibility index (Phi) is 3.66. The van der Waals surface area contributed by atoms with Crippen molar-refractivity contribution >= 4 is 15.8 Å². The van der Waals surface area contributed by atoms with Crippen LogP contribution in [0.25, 0.3) is 0 Å². The number of anilines is 1. The number of H-pyrrole nitrogens is 1. The summed E-state index contributed by atoms with van der Waals surface area (Å²) in [5, 5.41) is 6.37. The van der Waals surface area contributed by atoms with Crippen molar-refractivity contribution in [1.29, 1.82) is 0 Å². The number of nitrogens with one attached hydrogen (secondary N) is 2. The van der Waals surface area contributed by atoms with Crippen molar-refractivity contribution in [3.05, 3.63) is 35.3 Å². The monoisotopic (exact) mass is 320 g/mol. The van der Waals surface area contributed by atoms with Crippen molar-refractivity contribution in [2.24, 2.45) is 0 Å². The van der Waals surface area contributed by atoms with Crippen molar-refractivity contribution in [2.45, 2.75) is 24.9 Å². The van der Waals surface area contributed by atoms with Gasteiger partial charge in [0.15, 0.2) is 5.82 Å². The molecule has 10 heteroatoms. The Hall–Kier alpha value is -2.10. The average Bonchev–Trinajstić information content (AvgIpc) is 2.69. The number of nitrogens with zero attached hydrogens (tertiary/aromatic N) is 2. The molecule has 0 fully saturated rings. The molecular formula is C11H11F3N4O2S. The molecule has 0 atom stereocenters. The Morgan fingerprint density at radius 3 is 2.33 bits per heavy atom. The second-order valence-corrected chi connectivity index (χ2v) is 5.99. The van der Waals surface area contributed by atoms with Crippen LogP contribution in [0.4, 0.5) is 19.0 Å². The first-order valence-corrected chi connectivity index (χ1v) is 7.17. The fourth-order valence-electron chi connectivity index (χ4n) is 1.48. The summed E-state index contributed by atoms with van der Waals surface area (Å²) in [6, 6.07) is 1.45. The van der Waals surface area contributed by atoms with Crippen molar-refractivity contribution in [3.8, 4) is 0 Å². The smallest absolute Gasteiger partial charge is 0.280 e. The van der Waals surface area contributed by atoms with E-state index in [9.17, 15) is 21.6 Å². The van der Waals surface area contributed by atoms with Crippen LogP contribution >= 0.6 is 0 Å². The summed E-state index contributed by atoms with van der Waals surface area (Å²) in [6.45, 7) is 3.36. The zero-order valence-electron chi connectivity index (χ0n) is 11.0. The van der Waals surface area contributed by atoms with Crippen molar-refractivity contribution in [3.63, 3.8) is 0 Å². The van der Waals surface area contributed by atoms with Gasteiger partial charge in [-0.05, 0) is 26.0 Å². The molecule has 0 amide bonds. The fourth-order valence-corrected chi connectivity index (χ4v) is 2.49. The predicted octanol–water partition coefficient (Wildman–Crippen LogP) is 2.24. The van der Waals surface area contributed by atoms with E-state index in [0.717, 1.165) is 6.07 Å². The lowest BCUT2D eigenvalue weighted by molar-refractivity contribution is -0.141. The van der Waals surface area contributed by atoms with E-state index in [1.807, 2.05) is 0 Å². The van der Waals surface area contributed by atoms with Crippen LogP contribution in [0.2, 0.25) is 0 Å². The summed E-state index contributed by atoms with van der Waals surface area (Å²) in [7, 11) is -4.05. The third kappa shape index (κ3) is 3.15. The molecular weight excluding hydrogens is 309 g/mol. The van der Waals surface area contributed by atoms with E-state index in [2.05, 4.69) is 19.9 Å². The molecule has 2 aromatic rings. The topological polar surface area (TPSA) is 87.7 Å². The largest absolute Gasteiger partial charge is 0.433 e. The quantitative estimate of drug-likeness (QED) is 0.908. The number of halogens is 3. The highest BCUT2D eigenvalue weighted by atomic mass is 32.2.